The minimum atomic E-state index is -0.106. The molecule has 4 rings (SSSR count). The summed E-state index contributed by atoms with van der Waals surface area (Å²) >= 11 is 1.43. The van der Waals surface area contributed by atoms with Gasteiger partial charge < -0.3 is 19.6 Å². The van der Waals surface area contributed by atoms with E-state index in [2.05, 4.69) is 28.7 Å². The van der Waals surface area contributed by atoms with Gasteiger partial charge in [-0.3, -0.25) is 4.79 Å². The lowest BCUT2D eigenvalue weighted by Crippen LogP contribution is -2.16. The molecule has 0 bridgehead atoms. The van der Waals surface area contributed by atoms with Crippen LogP contribution in [0.3, 0.4) is 0 Å². The fourth-order valence-corrected chi connectivity index (χ4v) is 4.30. The van der Waals surface area contributed by atoms with E-state index in [0.717, 1.165) is 52.5 Å². The zero-order chi connectivity index (χ0) is 21.1. The number of ether oxygens (including phenoxy) is 1. The number of amides is 1. The Bertz CT molecular complexity index is 1120. The number of para-hydroxylation sites is 2. The van der Waals surface area contributed by atoms with Crippen LogP contribution in [-0.2, 0) is 11.3 Å². The van der Waals surface area contributed by atoms with Crippen LogP contribution in [0.25, 0.3) is 22.4 Å². The van der Waals surface area contributed by atoms with Crippen molar-refractivity contribution < 1.29 is 9.53 Å². The zero-order valence-electron chi connectivity index (χ0n) is 17.5. The van der Waals surface area contributed by atoms with Crippen molar-refractivity contribution in [1.29, 1.82) is 0 Å². The minimum absolute atomic E-state index is 0.106. The first kappa shape index (κ1) is 20.4. The Morgan fingerprint density at radius 2 is 2.07 bits per heavy atom. The minimum Gasteiger partial charge on any atom is -0.382 e. The molecule has 156 valence electrons. The van der Waals surface area contributed by atoms with Crippen LogP contribution < -0.4 is 5.32 Å². The molecule has 0 aliphatic carbocycles. The van der Waals surface area contributed by atoms with Gasteiger partial charge in [-0.1, -0.05) is 18.2 Å². The predicted octanol–water partition coefficient (Wildman–Crippen LogP) is 5.39. The molecular formula is C23H26N4O2S. The number of nitrogens with one attached hydrogen (secondary N) is 2. The quantitative estimate of drug-likeness (QED) is 0.374. The summed E-state index contributed by atoms with van der Waals surface area (Å²) in [5.41, 5.74) is 5.04. The summed E-state index contributed by atoms with van der Waals surface area (Å²) in [5, 5.41) is 5.07. The Labute approximate surface area is 179 Å². The molecule has 0 aliphatic heterocycles. The summed E-state index contributed by atoms with van der Waals surface area (Å²) in [6, 6.07) is 11.7. The SMILES string of the molecule is CCOCCCn1c(C)c(C)c(-c2nc3ccccc3[nH]2)c1NC(=O)c1cccs1. The summed E-state index contributed by atoms with van der Waals surface area (Å²) in [5.74, 6) is 1.44. The average Bonchev–Trinajstić information content (AvgIpc) is 3.46. The van der Waals surface area contributed by atoms with Gasteiger partial charge in [0.2, 0.25) is 0 Å². The highest BCUT2D eigenvalue weighted by molar-refractivity contribution is 7.12. The van der Waals surface area contributed by atoms with Crippen molar-refractivity contribution in [1.82, 2.24) is 14.5 Å². The fraction of sp³-hybridized carbons (Fsp3) is 0.304. The van der Waals surface area contributed by atoms with Crippen molar-refractivity contribution >= 4 is 34.1 Å². The van der Waals surface area contributed by atoms with Crippen molar-refractivity contribution in [3.63, 3.8) is 0 Å². The van der Waals surface area contributed by atoms with Crippen LogP contribution in [0.15, 0.2) is 41.8 Å². The van der Waals surface area contributed by atoms with E-state index in [1.165, 1.54) is 11.3 Å². The van der Waals surface area contributed by atoms with Crippen molar-refractivity contribution in [3.8, 4) is 11.4 Å². The maximum Gasteiger partial charge on any atom is 0.266 e. The number of anilines is 1. The van der Waals surface area contributed by atoms with Crippen LogP contribution in [-0.4, -0.2) is 33.7 Å². The molecule has 1 aromatic carbocycles. The van der Waals surface area contributed by atoms with Crippen LogP contribution >= 0.6 is 11.3 Å². The van der Waals surface area contributed by atoms with Gasteiger partial charge in [0.15, 0.2) is 0 Å². The Morgan fingerprint density at radius 3 is 2.80 bits per heavy atom. The maximum absolute atomic E-state index is 12.9. The molecule has 7 heteroatoms. The smallest absolute Gasteiger partial charge is 0.266 e. The average molecular weight is 423 g/mol. The number of H-pyrrole nitrogens is 1. The number of carbonyl (C=O) groups is 1. The zero-order valence-corrected chi connectivity index (χ0v) is 18.3. The number of fused-ring (bicyclic) bond motifs is 1. The van der Waals surface area contributed by atoms with Crippen LogP contribution in [0.2, 0.25) is 0 Å². The monoisotopic (exact) mass is 422 g/mol. The summed E-state index contributed by atoms with van der Waals surface area (Å²) in [6.45, 7) is 8.31. The van der Waals surface area contributed by atoms with E-state index in [1.807, 2.05) is 48.7 Å². The van der Waals surface area contributed by atoms with E-state index in [-0.39, 0.29) is 5.91 Å². The van der Waals surface area contributed by atoms with E-state index in [0.29, 0.717) is 18.1 Å². The highest BCUT2D eigenvalue weighted by Crippen LogP contribution is 2.36. The van der Waals surface area contributed by atoms with Crippen molar-refractivity contribution in [3.05, 3.63) is 57.9 Å². The number of hydrogen-bond donors (Lipinski definition) is 2. The molecule has 3 aromatic heterocycles. The highest BCUT2D eigenvalue weighted by Gasteiger charge is 2.23. The third kappa shape index (κ3) is 3.91. The van der Waals surface area contributed by atoms with E-state index in [4.69, 9.17) is 9.72 Å². The van der Waals surface area contributed by atoms with Gasteiger partial charge in [-0.25, -0.2) is 4.98 Å². The maximum atomic E-state index is 12.9. The third-order valence-electron chi connectivity index (χ3n) is 5.31. The van der Waals surface area contributed by atoms with Gasteiger partial charge in [0, 0.05) is 25.5 Å². The first-order valence-electron chi connectivity index (χ1n) is 10.2. The molecule has 0 spiro atoms. The lowest BCUT2D eigenvalue weighted by molar-refractivity contribution is 0.102. The molecule has 0 aliphatic rings. The van der Waals surface area contributed by atoms with Crippen LogP contribution in [0.4, 0.5) is 5.82 Å². The molecule has 0 atom stereocenters. The second kappa shape index (κ2) is 8.85. The van der Waals surface area contributed by atoms with Crippen LogP contribution in [0, 0.1) is 13.8 Å². The number of imidazole rings is 1. The van der Waals surface area contributed by atoms with Gasteiger partial charge in [-0.05, 0) is 56.3 Å². The van der Waals surface area contributed by atoms with Gasteiger partial charge in [0.1, 0.15) is 11.6 Å². The van der Waals surface area contributed by atoms with Crippen molar-refractivity contribution in [2.45, 2.75) is 33.7 Å². The highest BCUT2D eigenvalue weighted by atomic mass is 32.1. The molecule has 30 heavy (non-hydrogen) atoms. The number of aromatic amines is 1. The summed E-state index contributed by atoms with van der Waals surface area (Å²) in [7, 11) is 0. The Balaban J connectivity index is 1.78. The summed E-state index contributed by atoms with van der Waals surface area (Å²) < 4.78 is 7.69. The molecule has 6 nitrogen and oxygen atoms in total. The van der Waals surface area contributed by atoms with Crippen molar-refractivity contribution in [2.75, 3.05) is 18.5 Å². The second-order valence-corrected chi connectivity index (χ2v) is 8.12. The lowest BCUT2D eigenvalue weighted by atomic mass is 10.1. The van der Waals surface area contributed by atoms with Gasteiger partial charge >= 0.3 is 0 Å². The number of nitrogens with zero attached hydrogens (tertiary/aromatic N) is 2. The molecule has 0 saturated carbocycles. The van der Waals surface area contributed by atoms with Crippen molar-refractivity contribution in [2.24, 2.45) is 0 Å². The lowest BCUT2D eigenvalue weighted by Gasteiger charge is -2.13. The number of benzene rings is 1. The van der Waals surface area contributed by atoms with E-state index in [1.54, 1.807) is 0 Å². The molecule has 0 fully saturated rings. The predicted molar refractivity (Wildman–Crippen MR) is 122 cm³/mol. The summed E-state index contributed by atoms with van der Waals surface area (Å²) in [4.78, 5) is 21.8. The molecular weight excluding hydrogens is 396 g/mol. The van der Waals surface area contributed by atoms with E-state index in [9.17, 15) is 4.79 Å². The molecule has 0 unspecified atom stereocenters. The first-order valence-corrected chi connectivity index (χ1v) is 11.1. The Morgan fingerprint density at radius 1 is 1.23 bits per heavy atom. The summed E-state index contributed by atoms with van der Waals surface area (Å²) in [6.07, 6.45) is 0.865. The topological polar surface area (TPSA) is 71.9 Å². The molecule has 0 saturated heterocycles. The van der Waals surface area contributed by atoms with Gasteiger partial charge in [-0.2, -0.15) is 0 Å². The molecule has 1 amide bonds. The third-order valence-corrected chi connectivity index (χ3v) is 6.18. The van der Waals surface area contributed by atoms with Gasteiger partial charge in [-0.15, -0.1) is 11.3 Å². The molecule has 3 heterocycles. The van der Waals surface area contributed by atoms with Gasteiger partial charge in [0.25, 0.3) is 5.91 Å². The normalized spacial score (nSPS) is 11.3. The molecule has 4 aromatic rings. The van der Waals surface area contributed by atoms with E-state index >= 15 is 0 Å². The molecule has 0 radical (unpaired) electrons. The Hall–Kier alpha value is -2.90. The number of thiophene rings is 1. The van der Waals surface area contributed by atoms with E-state index < -0.39 is 0 Å². The first-order chi connectivity index (χ1) is 14.6. The Kier molecular flexibility index (Phi) is 6.01. The second-order valence-electron chi connectivity index (χ2n) is 7.17. The van der Waals surface area contributed by atoms with Crippen LogP contribution in [0.1, 0.15) is 34.3 Å². The number of hydrogen-bond acceptors (Lipinski definition) is 4. The largest absolute Gasteiger partial charge is 0.382 e. The van der Waals surface area contributed by atoms with Crippen LogP contribution in [0.5, 0.6) is 0 Å². The fourth-order valence-electron chi connectivity index (χ4n) is 3.68. The molecule has 2 N–H and O–H groups in total. The van der Waals surface area contributed by atoms with Gasteiger partial charge in [0.05, 0.1) is 21.5 Å². The standard InChI is InChI=1S/C23H26N4O2S/c1-4-29-13-8-12-27-16(3)15(2)20(21-24-17-9-5-6-10-18(17)25-21)22(27)26-23(28)19-11-7-14-30-19/h5-7,9-11,14H,4,8,12-13H2,1-3H3,(H,24,25)(H,26,28). The number of rotatable bonds is 8. The number of aromatic nitrogens is 3. The number of carbonyl (C=O) groups excluding carboxylic acids is 1.